The highest BCUT2D eigenvalue weighted by molar-refractivity contribution is 6.31. The molecule has 0 aromatic heterocycles. The molecule has 3 rings (SSSR count). The Hall–Kier alpha value is -2.07. The molecule has 0 aliphatic carbocycles. The molecule has 0 saturated carbocycles. The number of para-hydroxylation sites is 1. The molecule has 0 unspecified atom stereocenters. The van der Waals surface area contributed by atoms with Crippen molar-refractivity contribution in [1.82, 2.24) is 0 Å². The Bertz CT molecular complexity index is 680. The topological polar surface area (TPSA) is 35.5 Å². The Labute approximate surface area is 126 Å². The van der Waals surface area contributed by atoms with Gasteiger partial charge in [-0.05, 0) is 24.3 Å². The van der Waals surface area contributed by atoms with E-state index >= 15 is 0 Å². The molecule has 2 aromatic carbocycles. The first-order chi connectivity index (χ1) is 10.2. The first kappa shape index (κ1) is 13.9. The van der Waals surface area contributed by atoms with Gasteiger partial charge in [0.25, 0.3) is 0 Å². The quantitative estimate of drug-likeness (QED) is 0.812. The Morgan fingerprint density at radius 3 is 2.71 bits per heavy atom. The summed E-state index contributed by atoms with van der Waals surface area (Å²) in [6.45, 7) is 0.835. The van der Waals surface area contributed by atoms with Crippen LogP contribution in [0.5, 0.6) is 11.5 Å². The first-order valence-electron chi connectivity index (χ1n) is 6.51. The summed E-state index contributed by atoms with van der Waals surface area (Å²) in [4.78, 5) is 12.4. The van der Waals surface area contributed by atoms with Gasteiger partial charge in [-0.15, -0.1) is 0 Å². The normalized spacial score (nSPS) is 13.0. The molecule has 0 saturated heterocycles. The number of fused-ring (bicyclic) bond motifs is 1. The number of halogens is 2. The van der Waals surface area contributed by atoms with Gasteiger partial charge in [-0.1, -0.05) is 23.7 Å². The van der Waals surface area contributed by atoms with Gasteiger partial charge in [0.15, 0.2) is 17.3 Å². The van der Waals surface area contributed by atoms with Crippen molar-refractivity contribution in [3.05, 3.63) is 58.4 Å². The van der Waals surface area contributed by atoms with Crippen molar-refractivity contribution in [3.63, 3.8) is 0 Å². The molecule has 1 aliphatic heterocycles. The molecule has 0 bridgehead atoms. The highest BCUT2D eigenvalue weighted by Crippen LogP contribution is 2.34. The van der Waals surface area contributed by atoms with Crippen LogP contribution in [0.1, 0.15) is 15.9 Å². The monoisotopic (exact) mass is 306 g/mol. The lowest BCUT2D eigenvalue weighted by atomic mass is 10.0. The van der Waals surface area contributed by atoms with Crippen LogP contribution in [0.15, 0.2) is 36.4 Å². The molecule has 0 N–H and O–H groups in total. The lowest BCUT2D eigenvalue weighted by molar-refractivity contribution is 0.0980. The maximum atomic E-state index is 13.8. The van der Waals surface area contributed by atoms with E-state index in [1.807, 2.05) is 0 Å². The zero-order chi connectivity index (χ0) is 14.8. The number of carbonyl (C=O) groups is 1. The number of benzene rings is 2. The van der Waals surface area contributed by atoms with Crippen molar-refractivity contribution in [2.45, 2.75) is 6.42 Å². The van der Waals surface area contributed by atoms with Crippen molar-refractivity contribution >= 4 is 17.4 Å². The van der Waals surface area contributed by atoms with Crippen LogP contribution < -0.4 is 9.47 Å². The molecule has 0 spiro atoms. The number of hydrogen-bond donors (Lipinski definition) is 0. The van der Waals surface area contributed by atoms with Gasteiger partial charge in [-0.3, -0.25) is 4.79 Å². The highest BCUT2D eigenvalue weighted by atomic mass is 35.5. The Morgan fingerprint density at radius 1 is 1.14 bits per heavy atom. The average Bonchev–Trinajstić information content (AvgIpc) is 2.50. The molecule has 2 aromatic rings. The van der Waals surface area contributed by atoms with E-state index in [1.165, 1.54) is 12.1 Å². The predicted molar refractivity (Wildman–Crippen MR) is 76.9 cm³/mol. The van der Waals surface area contributed by atoms with Crippen LogP contribution in [0.4, 0.5) is 4.39 Å². The number of rotatable bonds is 3. The third-order valence-electron chi connectivity index (χ3n) is 3.27. The van der Waals surface area contributed by atoms with Crippen LogP contribution in [0.25, 0.3) is 0 Å². The van der Waals surface area contributed by atoms with Gasteiger partial charge in [0, 0.05) is 17.0 Å². The van der Waals surface area contributed by atoms with Crippen LogP contribution in [0, 0.1) is 5.82 Å². The zero-order valence-corrected chi connectivity index (χ0v) is 11.8. The van der Waals surface area contributed by atoms with E-state index in [0.717, 1.165) is 0 Å². The fourth-order valence-electron chi connectivity index (χ4n) is 2.25. The van der Waals surface area contributed by atoms with E-state index in [4.69, 9.17) is 21.1 Å². The SMILES string of the molecule is O=C(Cc1c(F)cccc1Cl)c1cccc2c1OCCO2. The van der Waals surface area contributed by atoms with E-state index in [9.17, 15) is 9.18 Å². The number of carbonyl (C=O) groups excluding carboxylic acids is 1. The minimum Gasteiger partial charge on any atom is -0.486 e. The molecular formula is C16H12ClFO3. The summed E-state index contributed by atoms with van der Waals surface area (Å²) >= 11 is 5.96. The summed E-state index contributed by atoms with van der Waals surface area (Å²) in [5, 5.41) is 0.241. The first-order valence-corrected chi connectivity index (χ1v) is 6.89. The zero-order valence-electron chi connectivity index (χ0n) is 11.1. The third kappa shape index (κ3) is 2.72. The largest absolute Gasteiger partial charge is 0.486 e. The van der Waals surface area contributed by atoms with Gasteiger partial charge in [0.1, 0.15) is 19.0 Å². The molecule has 0 radical (unpaired) electrons. The van der Waals surface area contributed by atoms with Gasteiger partial charge in [0.05, 0.1) is 5.56 Å². The fourth-order valence-corrected chi connectivity index (χ4v) is 2.48. The van der Waals surface area contributed by atoms with E-state index in [0.29, 0.717) is 30.3 Å². The van der Waals surface area contributed by atoms with Crippen molar-refractivity contribution < 1.29 is 18.7 Å². The Balaban J connectivity index is 1.93. The molecule has 108 valence electrons. The smallest absolute Gasteiger partial charge is 0.172 e. The number of ether oxygens (including phenoxy) is 2. The molecule has 21 heavy (non-hydrogen) atoms. The van der Waals surface area contributed by atoms with Crippen molar-refractivity contribution in [2.75, 3.05) is 13.2 Å². The standard InChI is InChI=1S/C16H12ClFO3/c17-12-4-2-5-13(18)11(12)9-14(19)10-3-1-6-15-16(10)21-8-7-20-15/h1-6H,7-9H2. The Morgan fingerprint density at radius 2 is 1.90 bits per heavy atom. The van der Waals surface area contributed by atoms with Gasteiger partial charge in [-0.2, -0.15) is 0 Å². The Kier molecular flexibility index (Phi) is 3.80. The van der Waals surface area contributed by atoms with Gasteiger partial charge >= 0.3 is 0 Å². The molecule has 0 amide bonds. The fraction of sp³-hybridized carbons (Fsp3) is 0.188. The van der Waals surface area contributed by atoms with Crippen LogP contribution in [0.2, 0.25) is 5.02 Å². The lowest BCUT2D eigenvalue weighted by Gasteiger charge is -2.20. The maximum absolute atomic E-state index is 13.8. The molecular weight excluding hydrogens is 295 g/mol. The highest BCUT2D eigenvalue weighted by Gasteiger charge is 2.22. The lowest BCUT2D eigenvalue weighted by Crippen LogP contribution is -2.18. The van der Waals surface area contributed by atoms with Gasteiger partial charge in [0.2, 0.25) is 0 Å². The summed E-state index contributed by atoms with van der Waals surface area (Å²) < 4.78 is 24.7. The predicted octanol–water partition coefficient (Wildman–Crippen LogP) is 3.68. The molecule has 1 aliphatic rings. The molecule has 3 nitrogen and oxygen atoms in total. The van der Waals surface area contributed by atoms with E-state index < -0.39 is 5.82 Å². The molecule has 5 heteroatoms. The van der Waals surface area contributed by atoms with E-state index in [2.05, 4.69) is 0 Å². The second kappa shape index (κ2) is 5.74. The van der Waals surface area contributed by atoms with E-state index in [1.54, 1.807) is 24.3 Å². The third-order valence-corrected chi connectivity index (χ3v) is 3.62. The van der Waals surface area contributed by atoms with Crippen LogP contribution in [-0.2, 0) is 6.42 Å². The summed E-state index contributed by atoms with van der Waals surface area (Å²) in [5.41, 5.74) is 0.574. The summed E-state index contributed by atoms with van der Waals surface area (Å²) in [5.74, 6) is 0.204. The average molecular weight is 307 g/mol. The second-order valence-corrected chi connectivity index (χ2v) is 5.04. The molecule has 0 atom stereocenters. The summed E-state index contributed by atoms with van der Waals surface area (Å²) in [6.07, 6.45) is -0.120. The van der Waals surface area contributed by atoms with Crippen LogP contribution >= 0.6 is 11.6 Å². The van der Waals surface area contributed by atoms with Crippen molar-refractivity contribution in [1.29, 1.82) is 0 Å². The number of Topliss-reactive ketones (excluding diaryl/α,β-unsaturated/α-hetero) is 1. The van der Waals surface area contributed by atoms with Crippen LogP contribution in [0.3, 0.4) is 0 Å². The van der Waals surface area contributed by atoms with Gasteiger partial charge in [-0.25, -0.2) is 4.39 Å². The molecule has 1 heterocycles. The minimum absolute atomic E-state index is 0.120. The summed E-state index contributed by atoms with van der Waals surface area (Å²) in [6, 6.07) is 9.45. The number of ketones is 1. The maximum Gasteiger partial charge on any atom is 0.172 e. The van der Waals surface area contributed by atoms with Crippen molar-refractivity contribution in [3.8, 4) is 11.5 Å². The van der Waals surface area contributed by atoms with Crippen LogP contribution in [-0.4, -0.2) is 19.0 Å². The van der Waals surface area contributed by atoms with Gasteiger partial charge < -0.3 is 9.47 Å². The second-order valence-electron chi connectivity index (χ2n) is 4.63. The molecule has 0 fully saturated rings. The van der Waals surface area contributed by atoms with E-state index in [-0.39, 0.29) is 22.8 Å². The number of hydrogen-bond acceptors (Lipinski definition) is 3. The van der Waals surface area contributed by atoms with Crippen molar-refractivity contribution in [2.24, 2.45) is 0 Å². The summed E-state index contributed by atoms with van der Waals surface area (Å²) in [7, 11) is 0. The minimum atomic E-state index is -0.488.